The summed E-state index contributed by atoms with van der Waals surface area (Å²) in [4.78, 5) is 22.1. The fourth-order valence-electron chi connectivity index (χ4n) is 1.59. The van der Waals surface area contributed by atoms with E-state index < -0.39 is 12.2 Å². The molecule has 0 N–H and O–H groups in total. The number of ether oxygens (including phenoxy) is 2. The summed E-state index contributed by atoms with van der Waals surface area (Å²) in [6, 6.07) is 0. The van der Waals surface area contributed by atoms with Crippen LogP contribution in [0.15, 0.2) is 10.2 Å². The maximum atomic E-state index is 11.1. The van der Waals surface area contributed by atoms with Gasteiger partial charge in [-0.25, -0.2) is 9.59 Å². The van der Waals surface area contributed by atoms with Crippen molar-refractivity contribution in [3.63, 3.8) is 0 Å². The number of hydrogen-bond donors (Lipinski definition) is 0. The van der Waals surface area contributed by atoms with E-state index in [4.69, 9.17) is 9.47 Å². The summed E-state index contributed by atoms with van der Waals surface area (Å²) < 4.78 is 9.68. The van der Waals surface area contributed by atoms with Gasteiger partial charge in [0.15, 0.2) is 0 Å². The zero-order chi connectivity index (χ0) is 12.5. The second-order valence-corrected chi connectivity index (χ2v) is 3.96. The molecule has 0 unspecified atom stereocenters. The molecule has 96 valence electrons. The molecular weight excluding hydrogens is 224 g/mol. The van der Waals surface area contributed by atoms with Crippen LogP contribution < -0.4 is 0 Å². The molecule has 1 aliphatic rings. The number of nitrogens with zero attached hydrogens (tertiary/aromatic N) is 2. The highest BCUT2D eigenvalue weighted by atomic mass is 16.6. The van der Waals surface area contributed by atoms with Gasteiger partial charge >= 0.3 is 12.2 Å². The van der Waals surface area contributed by atoms with E-state index >= 15 is 0 Å². The Balaban J connectivity index is 2.17. The molecule has 2 amide bonds. The summed E-state index contributed by atoms with van der Waals surface area (Å²) in [5.74, 6) is 0. The highest BCUT2D eigenvalue weighted by Gasteiger charge is 2.19. The Morgan fingerprint density at radius 1 is 1.18 bits per heavy atom. The van der Waals surface area contributed by atoms with Gasteiger partial charge in [0.1, 0.15) is 6.10 Å². The van der Waals surface area contributed by atoms with Gasteiger partial charge in [-0.05, 0) is 32.1 Å². The first-order valence-electron chi connectivity index (χ1n) is 6.01. The standard InChI is InChI=1S/C11H18N2O4/c1-2-3-8-16-10(14)12-13-11(15)17-9-6-4-5-7-9/h9H,2-8H2,1H3/b13-12+. The van der Waals surface area contributed by atoms with Crippen LogP contribution in [0.5, 0.6) is 0 Å². The first-order chi connectivity index (χ1) is 8.22. The average molecular weight is 242 g/mol. The number of carbonyl (C=O) groups excluding carboxylic acids is 2. The summed E-state index contributed by atoms with van der Waals surface area (Å²) >= 11 is 0. The summed E-state index contributed by atoms with van der Waals surface area (Å²) in [6.45, 7) is 2.28. The minimum Gasteiger partial charge on any atom is -0.447 e. The number of unbranched alkanes of at least 4 members (excludes halogenated alkanes) is 1. The van der Waals surface area contributed by atoms with Crippen LogP contribution in [0.1, 0.15) is 45.4 Å². The molecule has 1 aliphatic carbocycles. The Labute approximate surface area is 100 Å². The summed E-state index contributed by atoms with van der Waals surface area (Å²) in [5.41, 5.74) is 0. The van der Waals surface area contributed by atoms with E-state index in [1.807, 2.05) is 6.92 Å². The molecule has 0 heterocycles. The molecule has 1 saturated carbocycles. The van der Waals surface area contributed by atoms with Crippen LogP contribution in [0.25, 0.3) is 0 Å². The van der Waals surface area contributed by atoms with Gasteiger partial charge in [-0.2, -0.15) is 0 Å². The summed E-state index contributed by atoms with van der Waals surface area (Å²) in [6.07, 6.45) is 3.82. The van der Waals surface area contributed by atoms with Crippen LogP contribution in [0, 0.1) is 0 Å². The third-order valence-electron chi connectivity index (χ3n) is 2.51. The lowest BCUT2D eigenvalue weighted by atomic mass is 10.3. The minimum atomic E-state index is -0.846. The second-order valence-electron chi connectivity index (χ2n) is 3.96. The van der Waals surface area contributed by atoms with Gasteiger partial charge in [0.2, 0.25) is 0 Å². The van der Waals surface area contributed by atoms with Gasteiger partial charge in [-0.3, -0.25) is 0 Å². The zero-order valence-electron chi connectivity index (χ0n) is 10.1. The summed E-state index contributed by atoms with van der Waals surface area (Å²) in [5, 5.41) is 6.28. The number of rotatable bonds is 4. The Morgan fingerprint density at radius 2 is 1.82 bits per heavy atom. The molecule has 0 radical (unpaired) electrons. The minimum absolute atomic E-state index is 0.0717. The monoisotopic (exact) mass is 242 g/mol. The fraction of sp³-hybridized carbons (Fsp3) is 0.818. The van der Waals surface area contributed by atoms with Crippen molar-refractivity contribution in [3.05, 3.63) is 0 Å². The van der Waals surface area contributed by atoms with Gasteiger partial charge in [0.25, 0.3) is 0 Å². The lowest BCUT2D eigenvalue weighted by Gasteiger charge is -2.06. The lowest BCUT2D eigenvalue weighted by Crippen LogP contribution is -2.11. The Morgan fingerprint density at radius 3 is 2.47 bits per heavy atom. The van der Waals surface area contributed by atoms with Gasteiger partial charge in [0, 0.05) is 0 Å². The summed E-state index contributed by atoms with van der Waals surface area (Å²) in [7, 11) is 0. The third kappa shape index (κ3) is 5.99. The van der Waals surface area contributed by atoms with Crippen molar-refractivity contribution in [2.24, 2.45) is 10.2 Å². The van der Waals surface area contributed by atoms with Gasteiger partial charge in [-0.15, -0.1) is 0 Å². The molecule has 0 aliphatic heterocycles. The maximum absolute atomic E-state index is 11.1. The van der Waals surface area contributed by atoms with Crippen LogP contribution in [0.3, 0.4) is 0 Å². The fourth-order valence-corrected chi connectivity index (χ4v) is 1.59. The molecule has 0 aromatic rings. The van der Waals surface area contributed by atoms with Gasteiger partial charge in [-0.1, -0.05) is 23.6 Å². The second kappa shape index (κ2) is 7.76. The third-order valence-corrected chi connectivity index (χ3v) is 2.51. The van der Waals surface area contributed by atoms with Crippen LogP contribution >= 0.6 is 0 Å². The van der Waals surface area contributed by atoms with Crippen molar-refractivity contribution in [2.45, 2.75) is 51.6 Å². The van der Waals surface area contributed by atoms with E-state index in [1.54, 1.807) is 0 Å². The highest BCUT2D eigenvalue weighted by Crippen LogP contribution is 2.21. The molecule has 6 nitrogen and oxygen atoms in total. The molecule has 6 heteroatoms. The van der Waals surface area contributed by atoms with E-state index in [9.17, 15) is 9.59 Å². The van der Waals surface area contributed by atoms with Gasteiger partial charge < -0.3 is 9.47 Å². The van der Waals surface area contributed by atoms with Crippen LogP contribution in [0.4, 0.5) is 9.59 Å². The largest absolute Gasteiger partial charge is 0.452 e. The topological polar surface area (TPSA) is 77.3 Å². The normalized spacial score (nSPS) is 16.3. The molecule has 17 heavy (non-hydrogen) atoms. The smallest absolute Gasteiger partial charge is 0.447 e. The number of hydrogen-bond acceptors (Lipinski definition) is 4. The highest BCUT2D eigenvalue weighted by molar-refractivity contribution is 5.73. The van der Waals surface area contributed by atoms with Crippen LogP contribution in [-0.4, -0.2) is 24.9 Å². The van der Waals surface area contributed by atoms with E-state index in [2.05, 4.69) is 10.2 Å². The number of carbonyl (C=O) groups is 2. The molecule has 1 rings (SSSR count). The van der Waals surface area contributed by atoms with Crippen molar-refractivity contribution in [3.8, 4) is 0 Å². The van der Waals surface area contributed by atoms with E-state index in [0.29, 0.717) is 6.61 Å². The molecular formula is C11H18N2O4. The van der Waals surface area contributed by atoms with E-state index in [-0.39, 0.29) is 6.10 Å². The molecule has 0 saturated heterocycles. The molecule has 0 aromatic carbocycles. The van der Waals surface area contributed by atoms with E-state index in [1.165, 1.54) is 0 Å². The van der Waals surface area contributed by atoms with Crippen molar-refractivity contribution in [1.82, 2.24) is 0 Å². The number of azo groups is 1. The Hall–Kier alpha value is -1.46. The quantitative estimate of drug-likeness (QED) is 0.558. The number of amides is 2. The first kappa shape index (κ1) is 13.6. The Kier molecular flexibility index (Phi) is 6.21. The lowest BCUT2D eigenvalue weighted by molar-refractivity contribution is 0.107. The Bertz CT molecular complexity index is 285. The SMILES string of the molecule is CCCCOC(=O)/N=N/C(=O)OC1CCCC1. The molecule has 0 spiro atoms. The van der Waals surface area contributed by atoms with Crippen molar-refractivity contribution in [1.29, 1.82) is 0 Å². The maximum Gasteiger partial charge on any atom is 0.452 e. The predicted molar refractivity (Wildman–Crippen MR) is 59.8 cm³/mol. The van der Waals surface area contributed by atoms with Crippen molar-refractivity contribution in [2.75, 3.05) is 6.61 Å². The van der Waals surface area contributed by atoms with Crippen LogP contribution in [0.2, 0.25) is 0 Å². The molecule has 0 atom stereocenters. The molecule has 1 fully saturated rings. The van der Waals surface area contributed by atoms with Crippen LogP contribution in [-0.2, 0) is 9.47 Å². The van der Waals surface area contributed by atoms with Gasteiger partial charge in [0.05, 0.1) is 6.61 Å². The van der Waals surface area contributed by atoms with E-state index in [0.717, 1.165) is 38.5 Å². The average Bonchev–Trinajstić information content (AvgIpc) is 2.79. The van der Waals surface area contributed by atoms with Crippen molar-refractivity contribution < 1.29 is 19.1 Å². The predicted octanol–water partition coefficient (Wildman–Crippen LogP) is 3.45. The van der Waals surface area contributed by atoms with Crippen molar-refractivity contribution >= 4 is 12.2 Å². The molecule has 0 aromatic heterocycles. The molecule has 0 bridgehead atoms. The zero-order valence-corrected chi connectivity index (χ0v) is 10.1. The first-order valence-corrected chi connectivity index (χ1v) is 6.01.